The zero-order valence-corrected chi connectivity index (χ0v) is 11.0. The minimum Gasteiger partial charge on any atom is -0.504 e. The number of benzene rings is 1. The Morgan fingerprint density at radius 3 is 2.53 bits per heavy atom. The van der Waals surface area contributed by atoms with Crippen LogP contribution < -0.4 is 10.5 Å². The number of rotatable bonds is 2. The fraction of sp³-hybridized carbons (Fsp3) is 0.538. The van der Waals surface area contributed by atoms with Crippen LogP contribution in [0.25, 0.3) is 0 Å². The topological polar surface area (TPSA) is 55.5 Å². The maximum Gasteiger partial charge on any atom is 0.179 e. The molecule has 1 aromatic carbocycles. The van der Waals surface area contributed by atoms with E-state index in [1.165, 1.54) is 7.11 Å². The van der Waals surface area contributed by atoms with E-state index in [1.807, 2.05) is 6.92 Å². The van der Waals surface area contributed by atoms with Gasteiger partial charge in [0.15, 0.2) is 11.5 Å². The van der Waals surface area contributed by atoms with Crippen molar-refractivity contribution < 1.29 is 9.84 Å². The van der Waals surface area contributed by atoms with Gasteiger partial charge in [0.25, 0.3) is 0 Å². The minimum absolute atomic E-state index is 0.0698. The Bertz CT molecular complexity index is 440. The minimum atomic E-state index is -0.373. The van der Waals surface area contributed by atoms with Gasteiger partial charge in [-0.1, -0.05) is 24.4 Å². The lowest BCUT2D eigenvalue weighted by atomic mass is 9.86. The smallest absolute Gasteiger partial charge is 0.179 e. The van der Waals surface area contributed by atoms with Gasteiger partial charge >= 0.3 is 0 Å². The molecule has 0 saturated heterocycles. The van der Waals surface area contributed by atoms with E-state index < -0.39 is 0 Å². The predicted octanol–water partition coefficient (Wildman–Crippen LogP) is 3.09. The van der Waals surface area contributed by atoms with Crippen LogP contribution in [0.2, 0.25) is 5.02 Å². The van der Waals surface area contributed by atoms with Gasteiger partial charge < -0.3 is 15.6 Å². The van der Waals surface area contributed by atoms with Gasteiger partial charge in [-0.2, -0.15) is 0 Å². The third kappa shape index (κ3) is 1.98. The van der Waals surface area contributed by atoms with Crippen LogP contribution in [-0.4, -0.2) is 12.2 Å². The highest BCUT2D eigenvalue weighted by Crippen LogP contribution is 2.47. The van der Waals surface area contributed by atoms with Crippen LogP contribution in [0.5, 0.6) is 11.5 Å². The van der Waals surface area contributed by atoms with Crippen LogP contribution in [0.15, 0.2) is 6.07 Å². The third-order valence-corrected chi connectivity index (χ3v) is 3.96. The van der Waals surface area contributed by atoms with E-state index in [1.54, 1.807) is 6.07 Å². The van der Waals surface area contributed by atoms with Gasteiger partial charge in [-0.15, -0.1) is 0 Å². The Balaban J connectivity index is 2.60. The number of aryl methyl sites for hydroxylation is 1. The van der Waals surface area contributed by atoms with Crippen molar-refractivity contribution >= 4 is 11.6 Å². The first-order chi connectivity index (χ1) is 7.99. The van der Waals surface area contributed by atoms with Gasteiger partial charge in [-0.3, -0.25) is 0 Å². The summed E-state index contributed by atoms with van der Waals surface area (Å²) in [4.78, 5) is 0. The molecule has 0 bridgehead atoms. The van der Waals surface area contributed by atoms with E-state index in [4.69, 9.17) is 22.1 Å². The highest BCUT2D eigenvalue weighted by molar-refractivity contribution is 6.33. The van der Waals surface area contributed by atoms with Crippen molar-refractivity contribution in [1.29, 1.82) is 0 Å². The molecule has 0 heterocycles. The van der Waals surface area contributed by atoms with Crippen LogP contribution in [0, 0.1) is 6.92 Å². The number of phenols is 1. The number of phenolic OH excluding ortho intramolecular Hbond substituents is 1. The average Bonchev–Trinajstić information content (AvgIpc) is 2.65. The normalized spacial score (nSPS) is 18.4. The number of aromatic hydroxyl groups is 1. The molecule has 1 aliphatic rings. The van der Waals surface area contributed by atoms with Crippen molar-refractivity contribution in [2.75, 3.05) is 7.11 Å². The fourth-order valence-electron chi connectivity index (χ4n) is 2.80. The van der Waals surface area contributed by atoms with Crippen LogP contribution in [0.3, 0.4) is 0 Å². The summed E-state index contributed by atoms with van der Waals surface area (Å²) in [6, 6.07) is 1.67. The monoisotopic (exact) mass is 255 g/mol. The maximum atomic E-state index is 9.77. The van der Waals surface area contributed by atoms with E-state index in [-0.39, 0.29) is 11.3 Å². The summed E-state index contributed by atoms with van der Waals surface area (Å²) in [5.41, 5.74) is 7.91. The summed E-state index contributed by atoms with van der Waals surface area (Å²) in [6.45, 7) is 1.92. The zero-order valence-electron chi connectivity index (χ0n) is 10.2. The Kier molecular flexibility index (Phi) is 3.23. The molecule has 17 heavy (non-hydrogen) atoms. The summed E-state index contributed by atoms with van der Waals surface area (Å²) in [5.74, 6) is 0.393. The van der Waals surface area contributed by atoms with Crippen molar-refractivity contribution in [3.05, 3.63) is 22.2 Å². The third-order valence-electron chi connectivity index (χ3n) is 3.60. The summed E-state index contributed by atoms with van der Waals surface area (Å²) in [5, 5.41) is 10.2. The number of nitrogens with two attached hydrogens (primary N) is 1. The molecule has 3 N–H and O–H groups in total. The van der Waals surface area contributed by atoms with Gasteiger partial charge in [0.2, 0.25) is 0 Å². The highest BCUT2D eigenvalue weighted by Gasteiger charge is 2.36. The van der Waals surface area contributed by atoms with E-state index in [2.05, 4.69) is 0 Å². The molecule has 0 radical (unpaired) electrons. The van der Waals surface area contributed by atoms with Gasteiger partial charge in [0.1, 0.15) is 0 Å². The van der Waals surface area contributed by atoms with Crippen LogP contribution in [0.4, 0.5) is 0 Å². The highest BCUT2D eigenvalue weighted by atomic mass is 35.5. The Morgan fingerprint density at radius 1 is 1.41 bits per heavy atom. The van der Waals surface area contributed by atoms with Gasteiger partial charge in [-0.05, 0) is 37.0 Å². The van der Waals surface area contributed by atoms with E-state index in [9.17, 15) is 5.11 Å². The molecule has 2 rings (SSSR count). The summed E-state index contributed by atoms with van der Waals surface area (Å²) in [7, 11) is 1.50. The van der Waals surface area contributed by atoms with Gasteiger partial charge in [0, 0.05) is 5.54 Å². The number of ether oxygens (including phenoxy) is 1. The zero-order chi connectivity index (χ0) is 12.6. The quantitative estimate of drug-likeness (QED) is 0.854. The molecule has 0 aromatic heterocycles. The van der Waals surface area contributed by atoms with Crippen molar-refractivity contribution in [1.82, 2.24) is 0 Å². The van der Waals surface area contributed by atoms with Crippen LogP contribution >= 0.6 is 11.6 Å². The van der Waals surface area contributed by atoms with Gasteiger partial charge in [-0.25, -0.2) is 0 Å². The molecule has 0 spiro atoms. The molecule has 1 fully saturated rings. The largest absolute Gasteiger partial charge is 0.504 e. The Morgan fingerprint density at radius 2 is 2.00 bits per heavy atom. The molecule has 1 saturated carbocycles. The molecule has 3 nitrogen and oxygen atoms in total. The second-order valence-corrected chi connectivity index (χ2v) is 5.18. The summed E-state index contributed by atoms with van der Waals surface area (Å²) >= 11 is 6.32. The lowest BCUT2D eigenvalue weighted by molar-refractivity contribution is 0.369. The van der Waals surface area contributed by atoms with Crippen molar-refractivity contribution in [2.24, 2.45) is 5.73 Å². The van der Waals surface area contributed by atoms with Crippen molar-refractivity contribution in [3.63, 3.8) is 0 Å². The molecule has 1 aromatic rings. The molecule has 0 atom stereocenters. The predicted molar refractivity (Wildman–Crippen MR) is 68.7 cm³/mol. The second-order valence-electron chi connectivity index (χ2n) is 4.80. The number of hydrogen-bond donors (Lipinski definition) is 2. The Labute approximate surface area is 107 Å². The average molecular weight is 256 g/mol. The number of methoxy groups -OCH3 is 1. The molecule has 94 valence electrons. The second kappa shape index (κ2) is 4.39. The molecule has 4 heteroatoms. The van der Waals surface area contributed by atoms with E-state index in [0.717, 1.165) is 36.8 Å². The first kappa shape index (κ1) is 12.5. The van der Waals surface area contributed by atoms with Crippen molar-refractivity contribution in [3.8, 4) is 11.5 Å². The molecular weight excluding hydrogens is 238 g/mol. The van der Waals surface area contributed by atoms with Gasteiger partial charge in [0.05, 0.1) is 12.1 Å². The lowest BCUT2D eigenvalue weighted by Crippen LogP contribution is -2.34. The molecule has 0 unspecified atom stereocenters. The summed E-state index contributed by atoms with van der Waals surface area (Å²) < 4.78 is 5.14. The maximum absolute atomic E-state index is 9.77. The summed E-state index contributed by atoms with van der Waals surface area (Å²) in [6.07, 6.45) is 4.11. The van der Waals surface area contributed by atoms with E-state index >= 15 is 0 Å². The first-order valence-electron chi connectivity index (χ1n) is 5.85. The number of halogens is 1. The Hall–Kier alpha value is -0.930. The molecule has 1 aliphatic carbocycles. The standard InChI is InChI=1S/C13H18ClNO2/c1-8-7-9(16)12(17-2)11(14)10(8)13(15)5-3-4-6-13/h7,16H,3-6,15H2,1-2H3. The lowest BCUT2D eigenvalue weighted by Gasteiger charge is -2.28. The molecular formula is C13H18ClNO2. The van der Waals surface area contributed by atoms with E-state index in [0.29, 0.717) is 10.8 Å². The van der Waals surface area contributed by atoms with Crippen LogP contribution in [-0.2, 0) is 5.54 Å². The number of hydrogen-bond acceptors (Lipinski definition) is 3. The fourth-order valence-corrected chi connectivity index (χ4v) is 3.31. The van der Waals surface area contributed by atoms with Crippen LogP contribution in [0.1, 0.15) is 36.8 Å². The molecule has 0 aliphatic heterocycles. The van der Waals surface area contributed by atoms with Crippen molar-refractivity contribution in [2.45, 2.75) is 38.1 Å². The molecule has 0 amide bonds. The first-order valence-corrected chi connectivity index (χ1v) is 6.23. The SMILES string of the molecule is COc1c(O)cc(C)c(C2(N)CCCC2)c1Cl.